The van der Waals surface area contributed by atoms with Gasteiger partial charge in [-0.25, -0.2) is 0 Å². The maximum Gasteiger partial charge on any atom is 0.191 e. The molecule has 0 amide bonds. The van der Waals surface area contributed by atoms with Gasteiger partial charge in [0.1, 0.15) is 11.9 Å². The Kier molecular flexibility index (Phi) is 11.0. The number of ether oxygens (including phenoxy) is 1. The van der Waals surface area contributed by atoms with Gasteiger partial charge in [-0.05, 0) is 52.6 Å². The molecular weight excluding hydrogens is 479 g/mol. The van der Waals surface area contributed by atoms with Crippen LogP contribution in [-0.4, -0.2) is 60.5 Å². The summed E-state index contributed by atoms with van der Waals surface area (Å²) in [5.74, 6) is 1.68. The van der Waals surface area contributed by atoms with Gasteiger partial charge in [0.25, 0.3) is 0 Å². The number of aromatic nitrogens is 2. The number of aryl methyl sites for hydroxylation is 2. The van der Waals surface area contributed by atoms with E-state index in [4.69, 9.17) is 9.73 Å². The van der Waals surface area contributed by atoms with E-state index in [9.17, 15) is 0 Å². The number of hydrogen-bond acceptors (Lipinski definition) is 4. The molecule has 0 fully saturated rings. The highest BCUT2D eigenvalue weighted by Crippen LogP contribution is 2.17. The molecule has 8 heteroatoms. The zero-order chi connectivity index (χ0) is 20.5. The number of nitrogens with one attached hydrogen (secondary N) is 2. The maximum atomic E-state index is 6.00. The molecule has 0 saturated heterocycles. The minimum atomic E-state index is 0. The number of rotatable bonds is 9. The summed E-state index contributed by atoms with van der Waals surface area (Å²) in [5.41, 5.74) is 2.35. The number of likely N-dealkylation sites (N-methyl/N-ethyl adjacent to an activating group) is 1. The molecule has 0 bridgehead atoms. The van der Waals surface area contributed by atoms with E-state index in [1.54, 1.807) is 0 Å². The molecule has 0 aliphatic carbocycles. The molecule has 2 unspecified atom stereocenters. The van der Waals surface area contributed by atoms with Crippen LogP contribution >= 0.6 is 24.0 Å². The molecule has 1 aromatic carbocycles. The number of aliphatic imine (C=N–C) groups is 1. The van der Waals surface area contributed by atoms with Crippen LogP contribution in [-0.2, 0) is 7.05 Å². The molecule has 29 heavy (non-hydrogen) atoms. The predicted molar refractivity (Wildman–Crippen MR) is 130 cm³/mol. The molecule has 2 atom stereocenters. The highest BCUT2D eigenvalue weighted by atomic mass is 127. The first-order valence-electron chi connectivity index (χ1n) is 9.79. The van der Waals surface area contributed by atoms with Crippen molar-refractivity contribution in [3.05, 3.63) is 47.8 Å². The number of guanidine groups is 1. The van der Waals surface area contributed by atoms with Crippen LogP contribution in [0.25, 0.3) is 0 Å². The van der Waals surface area contributed by atoms with E-state index in [0.717, 1.165) is 23.8 Å². The largest absolute Gasteiger partial charge is 0.489 e. The minimum absolute atomic E-state index is 0. The van der Waals surface area contributed by atoms with Crippen molar-refractivity contribution in [2.45, 2.75) is 32.9 Å². The summed E-state index contributed by atoms with van der Waals surface area (Å²) in [6.07, 6.45) is 3.96. The van der Waals surface area contributed by atoms with Gasteiger partial charge >= 0.3 is 0 Å². The lowest BCUT2D eigenvalue weighted by atomic mass is 10.1. The number of hydrogen-bond donors (Lipinski definition) is 2. The normalized spacial score (nSPS) is 13.6. The second kappa shape index (κ2) is 12.7. The fraction of sp³-hybridized carbons (Fsp3) is 0.524. The lowest BCUT2D eigenvalue weighted by Crippen LogP contribution is -2.42. The lowest BCUT2D eigenvalue weighted by Gasteiger charge is -2.22. The Bertz CT molecular complexity index is 761. The third kappa shape index (κ3) is 8.61. The SMILES string of the molecule is CCNC(=NCC(c1cnn(C)c1)N(C)C)NCC(C)Oc1cccc(C)c1.I. The molecule has 1 aromatic heterocycles. The van der Waals surface area contributed by atoms with Gasteiger partial charge in [0.15, 0.2) is 5.96 Å². The molecule has 0 radical (unpaired) electrons. The van der Waals surface area contributed by atoms with Crippen LogP contribution in [0.1, 0.15) is 31.0 Å². The van der Waals surface area contributed by atoms with Crippen LogP contribution in [0.3, 0.4) is 0 Å². The van der Waals surface area contributed by atoms with Crippen molar-refractivity contribution in [1.82, 2.24) is 25.3 Å². The van der Waals surface area contributed by atoms with Gasteiger partial charge in [-0.1, -0.05) is 12.1 Å². The van der Waals surface area contributed by atoms with Gasteiger partial charge in [-0.3, -0.25) is 9.67 Å². The molecule has 162 valence electrons. The Hall–Kier alpha value is -1.81. The average molecular weight is 514 g/mol. The molecule has 0 aliphatic rings. The first kappa shape index (κ1) is 25.2. The van der Waals surface area contributed by atoms with Gasteiger partial charge in [0.2, 0.25) is 0 Å². The monoisotopic (exact) mass is 514 g/mol. The van der Waals surface area contributed by atoms with Crippen LogP contribution in [0.2, 0.25) is 0 Å². The van der Waals surface area contributed by atoms with E-state index in [2.05, 4.69) is 61.6 Å². The van der Waals surface area contributed by atoms with Crippen molar-refractivity contribution in [2.24, 2.45) is 12.0 Å². The zero-order valence-corrected chi connectivity index (χ0v) is 20.7. The Balaban J connectivity index is 0.00000420. The Morgan fingerprint density at radius 3 is 2.66 bits per heavy atom. The second-order valence-electron chi connectivity index (χ2n) is 7.27. The molecule has 7 nitrogen and oxygen atoms in total. The third-order valence-corrected chi connectivity index (χ3v) is 4.38. The number of benzene rings is 1. The zero-order valence-electron chi connectivity index (χ0n) is 18.3. The van der Waals surface area contributed by atoms with Gasteiger partial charge in [-0.2, -0.15) is 5.10 Å². The summed E-state index contributed by atoms with van der Waals surface area (Å²) in [5, 5.41) is 11.0. The van der Waals surface area contributed by atoms with E-state index in [1.165, 1.54) is 5.56 Å². The van der Waals surface area contributed by atoms with E-state index >= 15 is 0 Å². The first-order chi connectivity index (χ1) is 13.4. The first-order valence-corrected chi connectivity index (χ1v) is 9.79. The smallest absolute Gasteiger partial charge is 0.191 e. The van der Waals surface area contributed by atoms with Crippen LogP contribution in [0.5, 0.6) is 5.75 Å². The molecule has 2 aromatic rings. The van der Waals surface area contributed by atoms with Gasteiger partial charge in [0.05, 0.1) is 25.3 Å². The van der Waals surface area contributed by atoms with Crippen LogP contribution in [0.4, 0.5) is 0 Å². The quantitative estimate of drug-likeness (QED) is 0.306. The maximum absolute atomic E-state index is 6.00. The van der Waals surface area contributed by atoms with Crippen LogP contribution in [0.15, 0.2) is 41.7 Å². The summed E-state index contributed by atoms with van der Waals surface area (Å²) < 4.78 is 7.82. The second-order valence-corrected chi connectivity index (χ2v) is 7.27. The van der Waals surface area contributed by atoms with E-state index in [1.807, 2.05) is 42.3 Å². The Morgan fingerprint density at radius 1 is 1.31 bits per heavy atom. The molecule has 1 heterocycles. The fourth-order valence-electron chi connectivity index (χ4n) is 2.90. The molecular formula is C21H35IN6O. The van der Waals surface area contributed by atoms with Crippen LogP contribution in [0, 0.1) is 6.92 Å². The van der Waals surface area contributed by atoms with E-state index in [0.29, 0.717) is 13.1 Å². The molecule has 0 spiro atoms. The predicted octanol–water partition coefficient (Wildman–Crippen LogP) is 2.97. The topological polar surface area (TPSA) is 66.7 Å². The summed E-state index contributed by atoms with van der Waals surface area (Å²) in [6.45, 7) is 8.29. The molecule has 2 rings (SSSR count). The molecule has 0 saturated carbocycles. The minimum Gasteiger partial charge on any atom is -0.489 e. The fourth-order valence-corrected chi connectivity index (χ4v) is 2.90. The van der Waals surface area contributed by atoms with Crippen molar-refractivity contribution in [3.63, 3.8) is 0 Å². The van der Waals surface area contributed by atoms with Gasteiger partial charge < -0.3 is 20.3 Å². The summed E-state index contributed by atoms with van der Waals surface area (Å²) in [7, 11) is 6.05. The highest BCUT2D eigenvalue weighted by Gasteiger charge is 2.16. The van der Waals surface area contributed by atoms with Crippen molar-refractivity contribution in [1.29, 1.82) is 0 Å². The van der Waals surface area contributed by atoms with Crippen molar-refractivity contribution in [2.75, 3.05) is 33.7 Å². The third-order valence-electron chi connectivity index (χ3n) is 4.38. The number of halogens is 1. The molecule has 0 aliphatic heterocycles. The van der Waals surface area contributed by atoms with E-state index < -0.39 is 0 Å². The standard InChI is InChI=1S/C21H34N6O.HI/c1-7-22-21(23-12-17(3)28-19-10-8-9-16(2)11-19)24-14-20(26(4)5)18-13-25-27(6)15-18;/h8-11,13,15,17,20H,7,12,14H2,1-6H3,(H2,22,23,24);1H. The van der Waals surface area contributed by atoms with Gasteiger partial charge in [0, 0.05) is 25.4 Å². The highest BCUT2D eigenvalue weighted by molar-refractivity contribution is 14.0. The van der Waals surface area contributed by atoms with Crippen molar-refractivity contribution >= 4 is 29.9 Å². The Morgan fingerprint density at radius 2 is 2.07 bits per heavy atom. The Labute approximate surface area is 191 Å². The van der Waals surface area contributed by atoms with Gasteiger partial charge in [-0.15, -0.1) is 24.0 Å². The van der Waals surface area contributed by atoms with Crippen molar-refractivity contribution < 1.29 is 4.74 Å². The summed E-state index contributed by atoms with van der Waals surface area (Å²) >= 11 is 0. The van der Waals surface area contributed by atoms with Crippen LogP contribution < -0.4 is 15.4 Å². The van der Waals surface area contributed by atoms with Crippen molar-refractivity contribution in [3.8, 4) is 5.75 Å². The lowest BCUT2D eigenvalue weighted by molar-refractivity contribution is 0.223. The summed E-state index contributed by atoms with van der Waals surface area (Å²) in [4.78, 5) is 6.93. The average Bonchev–Trinajstić information content (AvgIpc) is 3.05. The molecule has 2 N–H and O–H groups in total. The number of nitrogens with zero attached hydrogens (tertiary/aromatic N) is 4. The van der Waals surface area contributed by atoms with E-state index in [-0.39, 0.29) is 36.1 Å². The summed E-state index contributed by atoms with van der Waals surface area (Å²) in [6, 6.07) is 8.28.